The molecule has 2 aromatic rings. The highest BCUT2D eigenvalue weighted by Crippen LogP contribution is 2.16. The molecule has 4 nitrogen and oxygen atoms in total. The summed E-state index contributed by atoms with van der Waals surface area (Å²) >= 11 is 0. The number of pyridine rings is 1. The Bertz CT molecular complexity index is 475. The third-order valence-electron chi connectivity index (χ3n) is 2.79. The SMILES string of the molecule is CCCCC(N)c1nnc2cc(C)ccn12. The quantitative estimate of drug-likeness (QED) is 0.856. The molecule has 0 saturated heterocycles. The number of aromatic nitrogens is 3. The second-order valence-corrected chi connectivity index (χ2v) is 4.24. The molecule has 1 atom stereocenters. The van der Waals surface area contributed by atoms with Crippen molar-refractivity contribution in [3.05, 3.63) is 29.7 Å². The smallest absolute Gasteiger partial charge is 0.161 e. The molecule has 0 aromatic carbocycles. The molecule has 0 aliphatic rings. The van der Waals surface area contributed by atoms with Gasteiger partial charge in [0.2, 0.25) is 0 Å². The van der Waals surface area contributed by atoms with E-state index in [4.69, 9.17) is 5.73 Å². The highest BCUT2D eigenvalue weighted by Gasteiger charge is 2.12. The molecule has 0 radical (unpaired) electrons. The highest BCUT2D eigenvalue weighted by molar-refractivity contribution is 5.41. The van der Waals surface area contributed by atoms with E-state index >= 15 is 0 Å². The van der Waals surface area contributed by atoms with Gasteiger partial charge in [0.05, 0.1) is 6.04 Å². The van der Waals surface area contributed by atoms with Gasteiger partial charge in [0.15, 0.2) is 11.5 Å². The molecule has 0 saturated carbocycles. The van der Waals surface area contributed by atoms with E-state index < -0.39 is 0 Å². The summed E-state index contributed by atoms with van der Waals surface area (Å²) in [4.78, 5) is 0. The Morgan fingerprint density at radius 2 is 2.25 bits per heavy atom. The van der Waals surface area contributed by atoms with E-state index in [1.165, 1.54) is 5.56 Å². The number of unbranched alkanes of at least 4 members (excludes halogenated alkanes) is 1. The molecule has 2 heterocycles. The Balaban J connectivity index is 2.31. The first-order valence-corrected chi connectivity index (χ1v) is 5.79. The topological polar surface area (TPSA) is 56.2 Å². The molecular weight excluding hydrogens is 200 g/mol. The minimum absolute atomic E-state index is 0.0161. The molecule has 2 N–H and O–H groups in total. The first-order valence-electron chi connectivity index (χ1n) is 5.79. The number of rotatable bonds is 4. The Hall–Kier alpha value is -1.42. The molecular formula is C12H18N4. The lowest BCUT2D eigenvalue weighted by Crippen LogP contribution is -2.13. The zero-order valence-electron chi connectivity index (χ0n) is 9.85. The fourth-order valence-corrected chi connectivity index (χ4v) is 1.82. The number of nitrogens with two attached hydrogens (primary N) is 1. The Morgan fingerprint density at radius 1 is 1.44 bits per heavy atom. The van der Waals surface area contributed by atoms with Crippen molar-refractivity contribution in [2.75, 3.05) is 0 Å². The summed E-state index contributed by atoms with van der Waals surface area (Å²) in [7, 11) is 0. The largest absolute Gasteiger partial charge is 0.321 e. The van der Waals surface area contributed by atoms with Gasteiger partial charge < -0.3 is 5.73 Å². The van der Waals surface area contributed by atoms with Gasteiger partial charge in [0.1, 0.15) is 0 Å². The fourth-order valence-electron chi connectivity index (χ4n) is 1.82. The van der Waals surface area contributed by atoms with Crippen molar-refractivity contribution in [1.29, 1.82) is 0 Å². The van der Waals surface area contributed by atoms with Crippen LogP contribution in [0.2, 0.25) is 0 Å². The number of aryl methyl sites for hydroxylation is 1. The summed E-state index contributed by atoms with van der Waals surface area (Å²) in [5, 5.41) is 8.32. The van der Waals surface area contributed by atoms with Gasteiger partial charge in [-0.05, 0) is 31.0 Å². The Kier molecular flexibility index (Phi) is 3.19. The lowest BCUT2D eigenvalue weighted by atomic mass is 10.1. The van der Waals surface area contributed by atoms with Crippen LogP contribution in [0, 0.1) is 6.92 Å². The van der Waals surface area contributed by atoms with Crippen LogP contribution >= 0.6 is 0 Å². The van der Waals surface area contributed by atoms with Gasteiger partial charge in [-0.15, -0.1) is 10.2 Å². The van der Waals surface area contributed by atoms with Gasteiger partial charge >= 0.3 is 0 Å². The van der Waals surface area contributed by atoms with Crippen LogP contribution in [0.15, 0.2) is 18.3 Å². The van der Waals surface area contributed by atoms with Gasteiger partial charge in [-0.1, -0.05) is 19.8 Å². The fraction of sp³-hybridized carbons (Fsp3) is 0.500. The molecule has 0 fully saturated rings. The number of hydrogen-bond acceptors (Lipinski definition) is 3. The molecule has 0 bridgehead atoms. The Labute approximate surface area is 95.5 Å². The summed E-state index contributed by atoms with van der Waals surface area (Å²) in [6, 6.07) is 4.05. The van der Waals surface area contributed by atoms with Crippen molar-refractivity contribution in [2.45, 2.75) is 39.2 Å². The van der Waals surface area contributed by atoms with Crippen LogP contribution in [0.25, 0.3) is 5.65 Å². The minimum Gasteiger partial charge on any atom is -0.321 e. The second kappa shape index (κ2) is 4.61. The molecule has 1 unspecified atom stereocenters. The lowest BCUT2D eigenvalue weighted by Gasteiger charge is -2.08. The van der Waals surface area contributed by atoms with E-state index in [0.29, 0.717) is 0 Å². The molecule has 0 aliphatic heterocycles. The summed E-state index contributed by atoms with van der Waals surface area (Å²) in [6.45, 7) is 4.21. The molecule has 0 spiro atoms. The third-order valence-corrected chi connectivity index (χ3v) is 2.79. The number of fused-ring (bicyclic) bond motifs is 1. The normalized spacial score (nSPS) is 13.2. The maximum atomic E-state index is 6.11. The van der Waals surface area contributed by atoms with E-state index in [9.17, 15) is 0 Å². The van der Waals surface area contributed by atoms with Crippen LogP contribution < -0.4 is 5.73 Å². The number of nitrogens with zero attached hydrogens (tertiary/aromatic N) is 3. The first-order chi connectivity index (χ1) is 7.72. The lowest BCUT2D eigenvalue weighted by molar-refractivity contribution is 0.570. The van der Waals surface area contributed by atoms with E-state index in [2.05, 4.69) is 17.1 Å². The van der Waals surface area contributed by atoms with Crippen LogP contribution in [-0.4, -0.2) is 14.6 Å². The molecule has 2 aromatic heterocycles. The van der Waals surface area contributed by atoms with Crippen molar-refractivity contribution in [3.8, 4) is 0 Å². The average Bonchev–Trinajstić information content (AvgIpc) is 2.68. The van der Waals surface area contributed by atoms with E-state index in [1.807, 2.05) is 29.7 Å². The first kappa shape index (κ1) is 11.1. The van der Waals surface area contributed by atoms with Crippen LogP contribution in [0.3, 0.4) is 0 Å². The number of hydrogen-bond donors (Lipinski definition) is 1. The van der Waals surface area contributed by atoms with Gasteiger partial charge in [0.25, 0.3) is 0 Å². The van der Waals surface area contributed by atoms with Crippen LogP contribution in [0.5, 0.6) is 0 Å². The molecule has 0 aliphatic carbocycles. The van der Waals surface area contributed by atoms with Crippen molar-refractivity contribution in [3.63, 3.8) is 0 Å². The van der Waals surface area contributed by atoms with Crippen molar-refractivity contribution in [2.24, 2.45) is 5.73 Å². The highest BCUT2D eigenvalue weighted by atomic mass is 15.3. The van der Waals surface area contributed by atoms with Crippen molar-refractivity contribution < 1.29 is 0 Å². The van der Waals surface area contributed by atoms with Crippen molar-refractivity contribution in [1.82, 2.24) is 14.6 Å². The summed E-state index contributed by atoms with van der Waals surface area (Å²) in [5.74, 6) is 0.864. The summed E-state index contributed by atoms with van der Waals surface area (Å²) in [5.41, 5.74) is 8.17. The molecule has 4 heteroatoms. The van der Waals surface area contributed by atoms with Crippen molar-refractivity contribution >= 4 is 5.65 Å². The predicted molar refractivity (Wildman–Crippen MR) is 64.2 cm³/mol. The van der Waals surface area contributed by atoms with E-state index in [-0.39, 0.29) is 6.04 Å². The maximum absolute atomic E-state index is 6.11. The zero-order valence-corrected chi connectivity index (χ0v) is 9.85. The van der Waals surface area contributed by atoms with Crippen LogP contribution in [-0.2, 0) is 0 Å². The van der Waals surface area contributed by atoms with Gasteiger partial charge in [-0.2, -0.15) is 0 Å². The maximum Gasteiger partial charge on any atom is 0.161 e. The van der Waals surface area contributed by atoms with Gasteiger partial charge in [-0.3, -0.25) is 4.40 Å². The predicted octanol–water partition coefficient (Wildman–Crippen LogP) is 2.23. The van der Waals surface area contributed by atoms with Crippen LogP contribution in [0.1, 0.15) is 43.6 Å². The zero-order chi connectivity index (χ0) is 11.5. The minimum atomic E-state index is -0.0161. The monoisotopic (exact) mass is 218 g/mol. The molecule has 16 heavy (non-hydrogen) atoms. The standard InChI is InChI=1S/C12H18N4/c1-3-4-5-10(13)12-15-14-11-8-9(2)6-7-16(11)12/h6-8,10H,3-5,13H2,1-2H3. The van der Waals surface area contributed by atoms with Gasteiger partial charge in [0, 0.05) is 6.20 Å². The molecule has 86 valence electrons. The molecule has 0 amide bonds. The van der Waals surface area contributed by atoms with E-state index in [1.54, 1.807) is 0 Å². The summed E-state index contributed by atoms with van der Waals surface area (Å²) in [6.07, 6.45) is 5.24. The van der Waals surface area contributed by atoms with Gasteiger partial charge in [-0.25, -0.2) is 0 Å². The Morgan fingerprint density at radius 3 is 3.00 bits per heavy atom. The average molecular weight is 218 g/mol. The van der Waals surface area contributed by atoms with E-state index in [0.717, 1.165) is 30.7 Å². The summed E-state index contributed by atoms with van der Waals surface area (Å²) < 4.78 is 1.98. The van der Waals surface area contributed by atoms with Crippen LogP contribution in [0.4, 0.5) is 0 Å². The third kappa shape index (κ3) is 2.07. The molecule has 2 rings (SSSR count). The second-order valence-electron chi connectivity index (χ2n) is 4.24.